The van der Waals surface area contributed by atoms with Crippen molar-refractivity contribution in [3.63, 3.8) is 0 Å². The van der Waals surface area contributed by atoms with E-state index in [1.165, 1.54) is 0 Å². The lowest BCUT2D eigenvalue weighted by molar-refractivity contribution is 0.490. The van der Waals surface area contributed by atoms with Crippen molar-refractivity contribution in [2.45, 2.75) is 20.4 Å². The van der Waals surface area contributed by atoms with Gasteiger partial charge in [0.05, 0.1) is 0 Å². The van der Waals surface area contributed by atoms with Gasteiger partial charge in [0.2, 0.25) is 0 Å². The number of aryl methyl sites for hydroxylation is 2. The Morgan fingerprint density at radius 3 is 2.05 bits per heavy atom. The normalized spacial score (nSPS) is 10.7. The monoisotopic (exact) mass is 343 g/mol. The predicted molar refractivity (Wildman–Crippen MR) is 77.3 cm³/mol. The van der Waals surface area contributed by atoms with Gasteiger partial charge in [-0.3, -0.25) is 0 Å². The molecule has 1 nitrogen and oxygen atoms in total. The summed E-state index contributed by atoms with van der Waals surface area (Å²) in [5.74, 6) is -2.99. The molecule has 2 rings (SSSR count). The molecule has 0 saturated heterocycles. The third-order valence-corrected chi connectivity index (χ3v) is 3.50. The van der Waals surface area contributed by atoms with E-state index in [1.54, 1.807) is 0 Å². The molecule has 1 N–H and O–H groups in total. The third kappa shape index (κ3) is 3.15. The van der Waals surface area contributed by atoms with Crippen LogP contribution in [-0.4, -0.2) is 0 Å². The van der Waals surface area contributed by atoms with E-state index in [-0.39, 0.29) is 12.1 Å². The second-order valence-corrected chi connectivity index (χ2v) is 5.54. The number of benzene rings is 2. The maximum atomic E-state index is 13.5. The molecule has 0 aromatic heterocycles. The van der Waals surface area contributed by atoms with Gasteiger partial charge in [-0.25, -0.2) is 13.2 Å². The molecule has 0 bridgehead atoms. The maximum absolute atomic E-state index is 13.5. The van der Waals surface area contributed by atoms with Crippen LogP contribution in [0.15, 0.2) is 28.7 Å². The lowest BCUT2D eigenvalue weighted by atomic mass is 10.1. The summed E-state index contributed by atoms with van der Waals surface area (Å²) in [6.45, 7) is 3.93. The molecule has 0 atom stereocenters. The predicted octanol–water partition coefficient (Wildman–Crippen LogP) is 5.10. The number of hydrogen-bond donors (Lipinski definition) is 1. The van der Waals surface area contributed by atoms with Crippen LogP contribution in [0.25, 0.3) is 0 Å². The van der Waals surface area contributed by atoms with Crippen LogP contribution < -0.4 is 5.32 Å². The highest BCUT2D eigenvalue weighted by atomic mass is 79.9. The van der Waals surface area contributed by atoms with Crippen molar-refractivity contribution >= 4 is 21.6 Å². The van der Waals surface area contributed by atoms with Crippen LogP contribution >= 0.6 is 15.9 Å². The Morgan fingerprint density at radius 2 is 1.45 bits per heavy atom. The lowest BCUT2D eigenvalue weighted by Gasteiger charge is -2.14. The molecule has 2 aromatic carbocycles. The quantitative estimate of drug-likeness (QED) is 0.765. The van der Waals surface area contributed by atoms with E-state index in [4.69, 9.17) is 0 Å². The van der Waals surface area contributed by atoms with Crippen LogP contribution in [0, 0.1) is 31.3 Å². The molecule has 0 heterocycles. The summed E-state index contributed by atoms with van der Waals surface area (Å²) >= 11 is 3.39. The number of nitrogens with one attached hydrogen (secondary N) is 1. The zero-order chi connectivity index (χ0) is 14.9. The zero-order valence-electron chi connectivity index (χ0n) is 11.0. The van der Waals surface area contributed by atoms with Gasteiger partial charge in [0.25, 0.3) is 0 Å². The van der Waals surface area contributed by atoms with E-state index in [1.807, 2.05) is 26.0 Å². The number of rotatable bonds is 3. The van der Waals surface area contributed by atoms with Gasteiger partial charge in [-0.05, 0) is 43.2 Å². The molecule has 0 aliphatic carbocycles. The fraction of sp³-hybridized carbons (Fsp3) is 0.200. The maximum Gasteiger partial charge on any atom is 0.161 e. The minimum atomic E-state index is -1.18. The first-order chi connectivity index (χ1) is 9.38. The fourth-order valence-corrected chi connectivity index (χ4v) is 2.76. The molecule has 0 saturated carbocycles. The highest BCUT2D eigenvalue weighted by Crippen LogP contribution is 2.26. The van der Waals surface area contributed by atoms with Crippen molar-refractivity contribution in [3.8, 4) is 0 Å². The van der Waals surface area contributed by atoms with Gasteiger partial charge in [0.1, 0.15) is 5.82 Å². The smallest absolute Gasteiger partial charge is 0.161 e. The van der Waals surface area contributed by atoms with Crippen molar-refractivity contribution in [3.05, 3.63) is 62.9 Å². The number of halogens is 4. The van der Waals surface area contributed by atoms with Crippen LogP contribution in [0.4, 0.5) is 18.9 Å². The van der Waals surface area contributed by atoms with E-state index in [9.17, 15) is 13.2 Å². The van der Waals surface area contributed by atoms with E-state index in [0.29, 0.717) is 6.07 Å². The molecular weight excluding hydrogens is 331 g/mol. The Bertz CT molecular complexity index is 633. The summed E-state index contributed by atoms with van der Waals surface area (Å²) in [6, 6.07) is 5.29. The minimum absolute atomic E-state index is 0.0885. The van der Waals surface area contributed by atoms with E-state index in [0.717, 1.165) is 27.4 Å². The highest BCUT2D eigenvalue weighted by Gasteiger charge is 2.11. The first-order valence-corrected chi connectivity index (χ1v) is 6.82. The second kappa shape index (κ2) is 5.87. The summed E-state index contributed by atoms with van der Waals surface area (Å²) in [5, 5.41) is 3.06. The van der Waals surface area contributed by atoms with Crippen molar-refractivity contribution in [2.24, 2.45) is 0 Å². The van der Waals surface area contributed by atoms with E-state index < -0.39 is 17.5 Å². The van der Waals surface area contributed by atoms with Crippen LogP contribution in [0.5, 0.6) is 0 Å². The first kappa shape index (κ1) is 14.9. The van der Waals surface area contributed by atoms with Gasteiger partial charge in [0.15, 0.2) is 11.6 Å². The van der Waals surface area contributed by atoms with Crippen molar-refractivity contribution in [2.75, 3.05) is 5.32 Å². The standard InChI is InChI=1S/C15H13BrF3N/c1-8-3-11(16)4-9(2)15(8)20-7-10-5-13(18)14(19)6-12(10)17/h3-6,20H,7H2,1-2H3. The number of hydrogen-bond acceptors (Lipinski definition) is 1. The number of anilines is 1. The Labute approximate surface area is 123 Å². The summed E-state index contributed by atoms with van der Waals surface area (Å²) in [6.07, 6.45) is 0. The molecule has 2 aromatic rings. The molecular formula is C15H13BrF3N. The van der Waals surface area contributed by atoms with E-state index >= 15 is 0 Å². The molecule has 0 unspecified atom stereocenters. The zero-order valence-corrected chi connectivity index (χ0v) is 12.6. The van der Waals surface area contributed by atoms with Gasteiger partial charge >= 0.3 is 0 Å². The average Bonchev–Trinajstić information content (AvgIpc) is 2.33. The summed E-state index contributed by atoms with van der Waals surface area (Å²) < 4.78 is 40.5. The fourth-order valence-electron chi connectivity index (χ4n) is 2.07. The summed E-state index contributed by atoms with van der Waals surface area (Å²) in [4.78, 5) is 0. The molecule has 0 aliphatic rings. The van der Waals surface area contributed by atoms with Crippen molar-refractivity contribution in [1.29, 1.82) is 0 Å². The molecule has 5 heteroatoms. The Balaban J connectivity index is 2.23. The molecule has 0 fully saturated rings. The SMILES string of the molecule is Cc1cc(Br)cc(C)c1NCc1cc(F)c(F)cc1F. The third-order valence-electron chi connectivity index (χ3n) is 3.04. The molecule has 0 radical (unpaired) electrons. The van der Waals surface area contributed by atoms with Crippen molar-refractivity contribution in [1.82, 2.24) is 0 Å². The van der Waals surface area contributed by atoms with Crippen LogP contribution in [0.1, 0.15) is 16.7 Å². The van der Waals surface area contributed by atoms with Gasteiger partial charge in [-0.1, -0.05) is 15.9 Å². The lowest BCUT2D eigenvalue weighted by Crippen LogP contribution is -2.06. The Hall–Kier alpha value is -1.49. The van der Waals surface area contributed by atoms with Crippen LogP contribution in [-0.2, 0) is 6.54 Å². The molecule has 0 spiro atoms. The van der Waals surface area contributed by atoms with Gasteiger partial charge in [-0.15, -0.1) is 0 Å². The van der Waals surface area contributed by atoms with Crippen LogP contribution in [0.2, 0.25) is 0 Å². The minimum Gasteiger partial charge on any atom is -0.380 e. The average molecular weight is 344 g/mol. The highest BCUT2D eigenvalue weighted by molar-refractivity contribution is 9.10. The topological polar surface area (TPSA) is 12.0 Å². The molecule has 0 aliphatic heterocycles. The Kier molecular flexibility index (Phi) is 4.38. The molecule has 20 heavy (non-hydrogen) atoms. The molecule has 0 amide bonds. The first-order valence-electron chi connectivity index (χ1n) is 6.02. The van der Waals surface area contributed by atoms with Gasteiger partial charge in [0, 0.05) is 28.3 Å². The molecule has 106 valence electrons. The second-order valence-electron chi connectivity index (χ2n) is 4.63. The summed E-state index contributed by atoms with van der Waals surface area (Å²) in [5.41, 5.74) is 2.92. The van der Waals surface area contributed by atoms with Gasteiger partial charge < -0.3 is 5.32 Å². The van der Waals surface area contributed by atoms with E-state index in [2.05, 4.69) is 21.2 Å². The van der Waals surface area contributed by atoms with Crippen LogP contribution in [0.3, 0.4) is 0 Å². The van der Waals surface area contributed by atoms with Gasteiger partial charge in [-0.2, -0.15) is 0 Å². The summed E-state index contributed by atoms with van der Waals surface area (Å²) in [7, 11) is 0. The van der Waals surface area contributed by atoms with Crippen molar-refractivity contribution < 1.29 is 13.2 Å². The largest absolute Gasteiger partial charge is 0.380 e. The Morgan fingerprint density at radius 1 is 0.900 bits per heavy atom.